The summed E-state index contributed by atoms with van der Waals surface area (Å²) in [6.07, 6.45) is 0.287. The standard InChI is InChI=1S/C97H120N16O18S/c1-11-12-36-78-95(129)110(7)55-83(117)102-74(51-85(119)120)91(125)108-86(59(4)5)97(131)112(9)79(48-61-28-18-14-19-29-61)92(126)106-75(47-64-37-40-65-32-22-23-33-66(65)44-64)93(127)109(6)54-82(116)101-73(50-67-52-99-70-35-25-24-34-69(67)70)90(124)105-72(45-63-38-41-68(114)42-39-63)89(123)104-71(43-58(2)3)88(122)107-77(87(121)100-53-81(98)115)56-132-57-84(118)103-76(46-60-26-16-13-17-27-60)94(128)113(10)80(96(130)111(78)8)49-62-30-20-15-21-31-62/h13-35,37-42,44,52,58-59,71-80,86,99,114H,11-12,36,43,45-51,53-57H2,1-10H3,(H2,98,115)(H,100,121)(H,101,116)(H,102,117)(H,103,118)(H,104,123)(H,105,124)(H,106,126)(H,107,122)(H,108,125)(H,119,120)/t71-,72-,73-,74-,75-,76-,77-,78-,79-,80-,86-/m0/s1. The number of carboxylic acids is 1. The SMILES string of the molecule is CCCC[C@H]1C(=O)N(C)CC(=O)N[C@@H](CC(=O)O)C(=O)N[C@@H](C(C)C)C(=O)N(C)[C@@H](Cc2ccccc2)C(=O)N[C@@H](Cc2ccc3ccccc3c2)C(=O)N(C)CC(=O)N[C@@H](Cc2c[nH]c3ccccc23)C(=O)N[C@@H](Cc2ccc(O)cc2)C(=O)N[C@@H](CC(C)C)C(=O)N[C@H](C(=O)NCC(N)=O)CSCC(=O)N[C@@H](Cc2ccccc2)C(=O)N(C)[C@@H](Cc2ccccc2)C(=O)N1C. The Morgan fingerprint density at radius 2 is 0.939 bits per heavy atom. The van der Waals surface area contributed by atoms with E-state index < -0.39 is 199 Å². The van der Waals surface area contributed by atoms with E-state index in [0.717, 1.165) is 37.2 Å². The van der Waals surface area contributed by atoms with Crippen LogP contribution in [0.5, 0.6) is 5.75 Å². The van der Waals surface area contributed by atoms with Gasteiger partial charge in [0.2, 0.25) is 88.6 Å². The van der Waals surface area contributed by atoms with Gasteiger partial charge in [0.15, 0.2) is 0 Å². The Morgan fingerprint density at radius 1 is 0.462 bits per heavy atom. The zero-order chi connectivity index (χ0) is 96.0. The van der Waals surface area contributed by atoms with E-state index in [1.165, 1.54) is 69.3 Å². The van der Waals surface area contributed by atoms with E-state index in [2.05, 4.69) is 52.8 Å². The van der Waals surface area contributed by atoms with Gasteiger partial charge in [-0.3, -0.25) is 76.7 Å². The molecule has 1 aliphatic rings. The Kier molecular flexibility index (Phi) is 37.9. The van der Waals surface area contributed by atoms with Gasteiger partial charge in [0.25, 0.3) is 0 Å². The molecule has 14 N–H and O–H groups in total. The number of nitrogens with zero attached hydrogens (tertiary/aromatic N) is 5. The molecule has 1 aromatic heterocycles. The second kappa shape index (κ2) is 49.1. The molecule has 0 aliphatic carbocycles. The van der Waals surface area contributed by atoms with Gasteiger partial charge in [-0.2, -0.15) is 0 Å². The van der Waals surface area contributed by atoms with Crippen LogP contribution >= 0.6 is 11.8 Å². The van der Waals surface area contributed by atoms with Crippen LogP contribution in [-0.4, -0.2) is 267 Å². The van der Waals surface area contributed by atoms with Crippen molar-refractivity contribution in [1.82, 2.24) is 77.3 Å². The van der Waals surface area contributed by atoms with Crippen molar-refractivity contribution in [2.75, 3.05) is 66.4 Å². The first-order valence-electron chi connectivity index (χ1n) is 43.9. The molecule has 2 heterocycles. The minimum atomic E-state index is -1.90. The predicted octanol–water partition coefficient (Wildman–Crippen LogP) is 3.77. The van der Waals surface area contributed by atoms with E-state index >= 15 is 47.9 Å². The fraction of sp³-hybridized carbons (Fsp3) is 0.402. The van der Waals surface area contributed by atoms with Gasteiger partial charge in [0, 0.05) is 96.6 Å². The number of para-hydroxylation sites is 1. The summed E-state index contributed by atoms with van der Waals surface area (Å²) in [4.78, 5) is 245. The molecule has 34 nitrogen and oxygen atoms in total. The minimum Gasteiger partial charge on any atom is -0.508 e. The third-order valence-corrected chi connectivity index (χ3v) is 24.0. The minimum absolute atomic E-state index is 0.0354. The molecule has 132 heavy (non-hydrogen) atoms. The highest BCUT2D eigenvalue weighted by molar-refractivity contribution is 8.00. The Balaban J connectivity index is 1.12. The average molecular weight is 1830 g/mol. The molecule has 8 aromatic rings. The summed E-state index contributed by atoms with van der Waals surface area (Å²) in [6.45, 7) is 6.28. The van der Waals surface area contributed by atoms with E-state index in [1.807, 2.05) is 43.3 Å². The normalized spacial score (nSPS) is 21.7. The van der Waals surface area contributed by atoms with E-state index in [-0.39, 0.29) is 68.8 Å². The average Bonchev–Trinajstić information content (AvgIpc) is 0.931. The lowest BCUT2D eigenvalue weighted by atomic mass is 9.97. The van der Waals surface area contributed by atoms with Gasteiger partial charge in [-0.05, 0) is 87.0 Å². The summed E-state index contributed by atoms with van der Waals surface area (Å²) in [6, 6.07) is 34.8. The Bertz CT molecular complexity index is 5390. The number of hydrogen-bond donors (Lipinski definition) is 13. The largest absolute Gasteiger partial charge is 0.508 e. The molecule has 702 valence electrons. The number of hydrogen-bond acceptors (Lipinski definition) is 18. The molecular formula is C97H120N16O18S. The molecule has 7 aromatic carbocycles. The van der Waals surface area contributed by atoms with E-state index in [0.29, 0.717) is 57.1 Å². The zero-order valence-electron chi connectivity index (χ0n) is 75.9. The van der Waals surface area contributed by atoms with Crippen LogP contribution in [0.25, 0.3) is 21.7 Å². The van der Waals surface area contributed by atoms with Crippen LogP contribution in [0.4, 0.5) is 0 Å². The molecular weight excluding hydrogens is 1710 g/mol. The molecule has 0 unspecified atom stereocenters. The maximum atomic E-state index is 15.6. The highest BCUT2D eigenvalue weighted by atomic mass is 32.2. The van der Waals surface area contributed by atoms with Gasteiger partial charge in [-0.1, -0.05) is 211 Å². The number of phenolic OH excluding ortho intramolecular Hbond substituents is 1. The molecule has 1 aliphatic heterocycles. The van der Waals surface area contributed by atoms with Crippen molar-refractivity contribution < 1.29 is 86.9 Å². The van der Waals surface area contributed by atoms with Crippen molar-refractivity contribution in [3.8, 4) is 5.75 Å². The zero-order valence-corrected chi connectivity index (χ0v) is 76.7. The molecule has 0 bridgehead atoms. The molecule has 0 radical (unpaired) electrons. The number of rotatable bonds is 23. The molecule has 0 spiro atoms. The molecule has 1 fully saturated rings. The van der Waals surface area contributed by atoms with Crippen molar-refractivity contribution in [3.63, 3.8) is 0 Å². The molecule has 0 saturated carbocycles. The number of aromatic nitrogens is 1. The maximum Gasteiger partial charge on any atom is 0.305 e. The number of H-pyrrole nitrogens is 1. The van der Waals surface area contributed by atoms with Crippen molar-refractivity contribution in [2.45, 2.75) is 172 Å². The third-order valence-electron chi connectivity index (χ3n) is 22.9. The molecule has 1 saturated heterocycles. The summed E-state index contributed by atoms with van der Waals surface area (Å²) >= 11 is 0.836. The number of amides is 15. The van der Waals surface area contributed by atoms with E-state index in [4.69, 9.17) is 5.73 Å². The lowest BCUT2D eigenvalue weighted by Crippen LogP contribution is -2.61. The van der Waals surface area contributed by atoms with Crippen LogP contribution in [0.2, 0.25) is 0 Å². The van der Waals surface area contributed by atoms with Gasteiger partial charge >= 0.3 is 5.97 Å². The summed E-state index contributed by atoms with van der Waals surface area (Å²) in [5.74, 6) is -17.0. The van der Waals surface area contributed by atoms with Crippen molar-refractivity contribution >= 4 is 128 Å². The second-order valence-electron chi connectivity index (χ2n) is 34.1. The van der Waals surface area contributed by atoms with Crippen molar-refractivity contribution in [2.24, 2.45) is 17.6 Å². The fourth-order valence-corrected chi connectivity index (χ4v) is 16.5. The van der Waals surface area contributed by atoms with Crippen LogP contribution in [0, 0.1) is 11.8 Å². The third kappa shape index (κ3) is 29.8. The van der Waals surface area contributed by atoms with Gasteiger partial charge < -0.3 is 93.3 Å². The molecule has 9 rings (SSSR count). The summed E-state index contributed by atoms with van der Waals surface area (Å²) in [5.41, 5.74) is 9.35. The predicted molar refractivity (Wildman–Crippen MR) is 498 cm³/mol. The van der Waals surface area contributed by atoms with Crippen LogP contribution in [0.3, 0.4) is 0 Å². The number of unbranched alkanes of at least 4 members (excludes halogenated alkanes) is 1. The summed E-state index contributed by atoms with van der Waals surface area (Å²) in [5, 5.41) is 47.2. The number of likely N-dealkylation sites (N-methyl/N-ethyl adjacent to an activating group) is 5. The second-order valence-corrected chi connectivity index (χ2v) is 35.1. The number of carbonyl (C=O) groups is 16. The fourth-order valence-electron chi connectivity index (χ4n) is 15.7. The van der Waals surface area contributed by atoms with Crippen LogP contribution in [-0.2, 0) is 115 Å². The van der Waals surface area contributed by atoms with Crippen molar-refractivity contribution in [3.05, 3.63) is 222 Å². The van der Waals surface area contributed by atoms with Gasteiger partial charge in [0.05, 0.1) is 31.8 Å². The van der Waals surface area contributed by atoms with Crippen LogP contribution in [0.15, 0.2) is 188 Å². The first-order chi connectivity index (χ1) is 62.9. The van der Waals surface area contributed by atoms with Crippen LogP contribution in [0.1, 0.15) is 100 Å². The van der Waals surface area contributed by atoms with Crippen LogP contribution < -0.4 is 53.6 Å². The van der Waals surface area contributed by atoms with Gasteiger partial charge in [0.1, 0.15) is 72.2 Å². The number of fused-ring (bicyclic) bond motifs is 2. The maximum absolute atomic E-state index is 15.6. The number of phenols is 1. The number of aromatic amines is 1. The number of aromatic hydroxyl groups is 1. The molecule has 35 heteroatoms. The lowest BCUT2D eigenvalue weighted by Gasteiger charge is -2.37. The Morgan fingerprint density at radius 3 is 1.54 bits per heavy atom. The smallest absolute Gasteiger partial charge is 0.305 e. The number of benzene rings is 7. The Hall–Kier alpha value is -14.0. The van der Waals surface area contributed by atoms with Gasteiger partial charge in [-0.15, -0.1) is 11.8 Å². The number of nitrogens with two attached hydrogens (primary N) is 1. The first-order valence-corrected chi connectivity index (χ1v) is 45.1. The summed E-state index contributed by atoms with van der Waals surface area (Å²) in [7, 11) is 6.64. The first kappa shape index (κ1) is 102. The topological polar surface area (TPSA) is 480 Å². The lowest BCUT2D eigenvalue weighted by molar-refractivity contribution is -0.151. The number of primary amides is 1. The number of carboxylic acid groups (broad SMARTS) is 1. The van der Waals surface area contributed by atoms with Crippen molar-refractivity contribution in [1.29, 1.82) is 0 Å². The highest BCUT2D eigenvalue weighted by Gasteiger charge is 2.42. The Labute approximate surface area is 771 Å². The number of thioether (sulfide) groups is 1. The number of aliphatic carboxylic acids is 1. The monoisotopic (exact) mass is 1830 g/mol. The molecule has 15 amide bonds. The highest BCUT2D eigenvalue weighted by Crippen LogP contribution is 2.25. The molecule has 11 atom stereocenters. The number of carbonyl (C=O) groups excluding carboxylic acids is 15. The van der Waals surface area contributed by atoms with E-state index in [9.17, 15) is 39.0 Å². The van der Waals surface area contributed by atoms with Gasteiger partial charge in [-0.25, -0.2) is 0 Å². The quantitative estimate of drug-likeness (QED) is 0.0433. The summed E-state index contributed by atoms with van der Waals surface area (Å²) < 4.78 is 0. The number of nitrogens with one attached hydrogen (secondary N) is 10. The van der Waals surface area contributed by atoms with E-state index in [1.54, 1.807) is 155 Å².